The Morgan fingerprint density at radius 2 is 2.05 bits per heavy atom. The summed E-state index contributed by atoms with van der Waals surface area (Å²) in [7, 11) is 0. The second-order valence-electron chi connectivity index (χ2n) is 5.25. The number of aliphatic hydroxyl groups excluding tert-OH is 1. The minimum Gasteiger partial charge on any atom is -0.444 e. The summed E-state index contributed by atoms with van der Waals surface area (Å²) in [6, 6.07) is 6.03. The summed E-state index contributed by atoms with van der Waals surface area (Å²) < 4.78 is 18.4. The van der Waals surface area contributed by atoms with Crippen LogP contribution in [-0.2, 0) is 4.74 Å². The molecule has 5 heteroatoms. The number of rotatable bonds is 4. The third kappa shape index (κ3) is 5.70. The van der Waals surface area contributed by atoms with Gasteiger partial charge in [-0.25, -0.2) is 9.18 Å². The lowest BCUT2D eigenvalue weighted by molar-refractivity contribution is 0.0518. The Bertz CT molecular complexity index is 429. The number of carbonyl (C=O) groups is 1. The van der Waals surface area contributed by atoms with Gasteiger partial charge < -0.3 is 15.2 Å². The summed E-state index contributed by atoms with van der Waals surface area (Å²) in [4.78, 5) is 11.4. The summed E-state index contributed by atoms with van der Waals surface area (Å²) >= 11 is 0. The highest BCUT2D eigenvalue weighted by molar-refractivity contribution is 5.67. The van der Waals surface area contributed by atoms with Crippen molar-refractivity contribution in [2.24, 2.45) is 0 Å². The van der Waals surface area contributed by atoms with Gasteiger partial charge >= 0.3 is 6.09 Å². The number of ether oxygens (including phenoxy) is 1. The molecule has 0 spiro atoms. The number of halogens is 1. The molecule has 1 amide bonds. The highest BCUT2D eigenvalue weighted by Crippen LogP contribution is 2.19. The second kappa shape index (κ2) is 6.52. The molecule has 1 aromatic carbocycles. The van der Waals surface area contributed by atoms with Crippen molar-refractivity contribution in [1.29, 1.82) is 0 Å². The first-order valence-electron chi connectivity index (χ1n) is 6.19. The Hall–Kier alpha value is -1.62. The molecule has 0 aliphatic rings. The minimum atomic E-state index is -0.948. The summed E-state index contributed by atoms with van der Waals surface area (Å²) in [6.45, 7) is 5.51. The van der Waals surface area contributed by atoms with Gasteiger partial charge in [0.1, 0.15) is 11.4 Å². The Kier molecular flexibility index (Phi) is 5.30. The number of benzene rings is 1. The Morgan fingerprint density at radius 3 is 2.63 bits per heavy atom. The molecular formula is C14H20FNO3. The van der Waals surface area contributed by atoms with Gasteiger partial charge in [-0.2, -0.15) is 0 Å². The topological polar surface area (TPSA) is 58.6 Å². The molecule has 0 radical (unpaired) electrons. The number of nitrogens with one attached hydrogen (secondary N) is 1. The van der Waals surface area contributed by atoms with Gasteiger partial charge in [-0.15, -0.1) is 0 Å². The number of hydrogen-bond acceptors (Lipinski definition) is 3. The molecule has 0 aliphatic carbocycles. The Balaban J connectivity index is 2.38. The first-order chi connectivity index (χ1) is 8.79. The molecule has 0 aliphatic heterocycles. The second-order valence-corrected chi connectivity index (χ2v) is 5.25. The van der Waals surface area contributed by atoms with Crippen LogP contribution in [0.5, 0.6) is 0 Å². The molecule has 106 valence electrons. The van der Waals surface area contributed by atoms with Gasteiger partial charge in [0.15, 0.2) is 0 Å². The smallest absolute Gasteiger partial charge is 0.407 e. The normalized spacial score (nSPS) is 12.9. The van der Waals surface area contributed by atoms with Crippen molar-refractivity contribution < 1.29 is 19.0 Å². The van der Waals surface area contributed by atoms with E-state index in [0.29, 0.717) is 0 Å². The molecule has 1 atom stereocenters. The number of carbonyl (C=O) groups excluding carboxylic acids is 1. The van der Waals surface area contributed by atoms with Crippen LogP contribution in [0.25, 0.3) is 0 Å². The van der Waals surface area contributed by atoms with Crippen molar-refractivity contribution >= 4 is 6.09 Å². The number of amides is 1. The van der Waals surface area contributed by atoms with Gasteiger partial charge in [-0.1, -0.05) is 18.2 Å². The molecule has 4 nitrogen and oxygen atoms in total. The lowest BCUT2D eigenvalue weighted by Gasteiger charge is -2.20. The van der Waals surface area contributed by atoms with Crippen LogP contribution in [0.4, 0.5) is 9.18 Å². The van der Waals surface area contributed by atoms with E-state index in [2.05, 4.69) is 5.32 Å². The third-order valence-corrected chi connectivity index (χ3v) is 2.35. The molecule has 0 heterocycles. The predicted molar refractivity (Wildman–Crippen MR) is 70.2 cm³/mol. The number of alkyl carbamates (subject to hydrolysis) is 1. The molecule has 0 bridgehead atoms. The molecule has 2 N–H and O–H groups in total. The van der Waals surface area contributed by atoms with Gasteiger partial charge in [0.2, 0.25) is 0 Å². The summed E-state index contributed by atoms with van der Waals surface area (Å²) in [5.74, 6) is -0.452. The monoisotopic (exact) mass is 269 g/mol. The zero-order valence-electron chi connectivity index (χ0n) is 11.4. The molecule has 0 saturated heterocycles. The molecular weight excluding hydrogens is 249 g/mol. The van der Waals surface area contributed by atoms with Crippen molar-refractivity contribution in [3.05, 3.63) is 35.6 Å². The Labute approximate surface area is 112 Å². The van der Waals surface area contributed by atoms with E-state index in [4.69, 9.17) is 4.74 Å². The quantitative estimate of drug-likeness (QED) is 0.883. The Morgan fingerprint density at radius 1 is 1.42 bits per heavy atom. The average molecular weight is 269 g/mol. The van der Waals surface area contributed by atoms with Crippen LogP contribution in [0.15, 0.2) is 24.3 Å². The SMILES string of the molecule is CC(C)(C)OC(=O)NCCC(O)c1ccccc1F. The molecule has 1 rings (SSSR count). The first-order valence-corrected chi connectivity index (χ1v) is 6.19. The largest absolute Gasteiger partial charge is 0.444 e. The zero-order valence-corrected chi connectivity index (χ0v) is 11.4. The van der Waals surface area contributed by atoms with Crippen LogP contribution >= 0.6 is 0 Å². The maximum Gasteiger partial charge on any atom is 0.407 e. The van der Waals surface area contributed by atoms with Crippen molar-refractivity contribution in [1.82, 2.24) is 5.32 Å². The third-order valence-electron chi connectivity index (χ3n) is 2.35. The van der Waals surface area contributed by atoms with Crippen molar-refractivity contribution in [3.63, 3.8) is 0 Å². The lowest BCUT2D eigenvalue weighted by Crippen LogP contribution is -2.33. The van der Waals surface area contributed by atoms with Crippen LogP contribution in [0.2, 0.25) is 0 Å². The minimum absolute atomic E-state index is 0.213. The van der Waals surface area contributed by atoms with E-state index in [1.807, 2.05) is 0 Å². The summed E-state index contributed by atoms with van der Waals surface area (Å²) in [6.07, 6.45) is -1.27. The van der Waals surface area contributed by atoms with E-state index in [1.54, 1.807) is 32.9 Å². The van der Waals surface area contributed by atoms with Gasteiger partial charge in [0.05, 0.1) is 6.10 Å². The maximum absolute atomic E-state index is 13.4. The summed E-state index contributed by atoms with van der Waals surface area (Å²) in [5, 5.41) is 12.3. The fraction of sp³-hybridized carbons (Fsp3) is 0.500. The van der Waals surface area contributed by atoms with Crippen LogP contribution in [0, 0.1) is 5.82 Å². The number of hydrogen-bond donors (Lipinski definition) is 2. The van der Waals surface area contributed by atoms with E-state index in [9.17, 15) is 14.3 Å². The molecule has 0 aromatic heterocycles. The van der Waals surface area contributed by atoms with Crippen LogP contribution in [-0.4, -0.2) is 23.3 Å². The molecule has 0 saturated carbocycles. The van der Waals surface area contributed by atoms with Crippen LogP contribution in [0.1, 0.15) is 38.9 Å². The van der Waals surface area contributed by atoms with E-state index >= 15 is 0 Å². The molecule has 19 heavy (non-hydrogen) atoms. The van der Waals surface area contributed by atoms with Crippen LogP contribution < -0.4 is 5.32 Å². The highest BCUT2D eigenvalue weighted by Gasteiger charge is 2.17. The molecule has 1 unspecified atom stereocenters. The standard InChI is InChI=1S/C14H20FNO3/c1-14(2,3)19-13(18)16-9-8-12(17)10-6-4-5-7-11(10)15/h4-7,12,17H,8-9H2,1-3H3,(H,16,18). The van der Waals surface area contributed by atoms with Gasteiger partial charge in [-0.05, 0) is 33.3 Å². The van der Waals surface area contributed by atoms with E-state index in [-0.39, 0.29) is 18.5 Å². The zero-order chi connectivity index (χ0) is 14.5. The van der Waals surface area contributed by atoms with Gasteiger partial charge in [-0.3, -0.25) is 0 Å². The van der Waals surface area contributed by atoms with Crippen molar-refractivity contribution in [3.8, 4) is 0 Å². The fourth-order valence-electron chi connectivity index (χ4n) is 1.53. The van der Waals surface area contributed by atoms with E-state index in [1.165, 1.54) is 12.1 Å². The molecule has 0 fully saturated rings. The van der Waals surface area contributed by atoms with Crippen molar-refractivity contribution in [2.75, 3.05) is 6.54 Å². The predicted octanol–water partition coefficient (Wildman–Crippen LogP) is 2.77. The van der Waals surface area contributed by atoms with E-state index < -0.39 is 23.6 Å². The van der Waals surface area contributed by atoms with E-state index in [0.717, 1.165) is 0 Å². The highest BCUT2D eigenvalue weighted by atomic mass is 19.1. The van der Waals surface area contributed by atoms with Gasteiger partial charge in [0.25, 0.3) is 0 Å². The maximum atomic E-state index is 13.4. The van der Waals surface area contributed by atoms with Crippen LogP contribution in [0.3, 0.4) is 0 Å². The lowest BCUT2D eigenvalue weighted by atomic mass is 10.1. The number of aliphatic hydroxyl groups is 1. The van der Waals surface area contributed by atoms with Gasteiger partial charge in [0, 0.05) is 12.1 Å². The van der Waals surface area contributed by atoms with Crippen molar-refractivity contribution in [2.45, 2.75) is 38.9 Å². The fourth-order valence-corrected chi connectivity index (χ4v) is 1.53. The first kappa shape index (κ1) is 15.4. The molecule has 1 aromatic rings. The average Bonchev–Trinajstić information content (AvgIpc) is 2.26. The summed E-state index contributed by atoms with van der Waals surface area (Å²) in [5.41, 5.74) is -0.331.